The Morgan fingerprint density at radius 3 is 2.88 bits per heavy atom. The van der Waals surface area contributed by atoms with Gasteiger partial charge in [-0.05, 0) is 44.0 Å². The highest BCUT2D eigenvalue weighted by atomic mass is 19.1. The SMILES string of the molecule is CC(=O)c1c[nH]c(C(=O)NC2CCCN(c3cccc(F)c3)C2)c1. The molecule has 24 heavy (non-hydrogen) atoms. The second-order valence-electron chi connectivity index (χ2n) is 6.10. The smallest absolute Gasteiger partial charge is 0.267 e. The van der Waals surface area contributed by atoms with Crippen LogP contribution in [-0.4, -0.2) is 35.8 Å². The maximum atomic E-state index is 13.4. The number of carbonyl (C=O) groups excluding carboxylic acids is 2. The van der Waals surface area contributed by atoms with E-state index in [4.69, 9.17) is 0 Å². The Morgan fingerprint density at radius 2 is 2.17 bits per heavy atom. The Labute approximate surface area is 139 Å². The molecule has 1 aliphatic rings. The molecular weight excluding hydrogens is 309 g/mol. The number of nitrogens with zero attached hydrogens (tertiary/aromatic N) is 1. The standard InChI is InChI=1S/C18H20FN3O2/c1-12(23)13-8-17(20-10-13)18(24)21-15-5-3-7-22(11-15)16-6-2-4-14(19)9-16/h2,4,6,8-10,15,20H,3,5,7,11H2,1H3,(H,21,24). The van der Waals surface area contributed by atoms with E-state index >= 15 is 0 Å². The molecule has 0 radical (unpaired) electrons. The molecule has 5 nitrogen and oxygen atoms in total. The number of rotatable bonds is 4. The van der Waals surface area contributed by atoms with Crippen LogP contribution in [0, 0.1) is 5.82 Å². The van der Waals surface area contributed by atoms with E-state index in [0.29, 0.717) is 17.8 Å². The molecule has 2 heterocycles. The molecule has 1 unspecified atom stereocenters. The van der Waals surface area contributed by atoms with E-state index in [1.807, 2.05) is 6.07 Å². The minimum absolute atomic E-state index is 0.0152. The van der Waals surface area contributed by atoms with Crippen LogP contribution in [0.15, 0.2) is 36.5 Å². The first kappa shape index (κ1) is 16.2. The highest BCUT2D eigenvalue weighted by molar-refractivity contribution is 5.99. The average molecular weight is 329 g/mol. The van der Waals surface area contributed by atoms with Gasteiger partial charge in [0.05, 0.1) is 0 Å². The van der Waals surface area contributed by atoms with E-state index in [9.17, 15) is 14.0 Å². The molecule has 1 aliphatic heterocycles. The van der Waals surface area contributed by atoms with Crippen molar-refractivity contribution in [3.05, 3.63) is 53.6 Å². The second-order valence-corrected chi connectivity index (χ2v) is 6.10. The van der Waals surface area contributed by atoms with Crippen molar-refractivity contribution in [2.75, 3.05) is 18.0 Å². The molecule has 0 aliphatic carbocycles. The van der Waals surface area contributed by atoms with Gasteiger partial charge in [-0.3, -0.25) is 9.59 Å². The van der Waals surface area contributed by atoms with E-state index < -0.39 is 0 Å². The van der Waals surface area contributed by atoms with Gasteiger partial charge in [0.2, 0.25) is 0 Å². The number of hydrogen-bond acceptors (Lipinski definition) is 3. The summed E-state index contributed by atoms with van der Waals surface area (Å²) in [6.07, 6.45) is 3.33. The van der Waals surface area contributed by atoms with Crippen LogP contribution in [0.25, 0.3) is 0 Å². The van der Waals surface area contributed by atoms with Crippen LogP contribution in [0.2, 0.25) is 0 Å². The van der Waals surface area contributed by atoms with Crippen LogP contribution in [0.3, 0.4) is 0 Å². The highest BCUT2D eigenvalue weighted by Crippen LogP contribution is 2.21. The Morgan fingerprint density at radius 1 is 1.33 bits per heavy atom. The first-order chi connectivity index (χ1) is 11.5. The number of nitrogens with one attached hydrogen (secondary N) is 2. The fourth-order valence-corrected chi connectivity index (χ4v) is 2.99. The third-order valence-corrected chi connectivity index (χ3v) is 4.26. The van der Waals surface area contributed by atoms with Crippen molar-refractivity contribution in [1.29, 1.82) is 0 Å². The van der Waals surface area contributed by atoms with Crippen LogP contribution < -0.4 is 10.2 Å². The zero-order valence-corrected chi connectivity index (χ0v) is 13.5. The van der Waals surface area contributed by atoms with Crippen LogP contribution >= 0.6 is 0 Å². The third kappa shape index (κ3) is 3.64. The fraction of sp³-hybridized carbons (Fsp3) is 0.333. The van der Waals surface area contributed by atoms with E-state index in [0.717, 1.165) is 25.1 Å². The average Bonchev–Trinajstić information content (AvgIpc) is 3.05. The molecule has 126 valence electrons. The van der Waals surface area contributed by atoms with Gasteiger partial charge in [0.15, 0.2) is 5.78 Å². The van der Waals surface area contributed by atoms with E-state index in [1.165, 1.54) is 25.3 Å². The Balaban J connectivity index is 1.64. The minimum Gasteiger partial charge on any atom is -0.369 e. The number of anilines is 1. The van der Waals surface area contributed by atoms with Gasteiger partial charge in [-0.25, -0.2) is 4.39 Å². The molecule has 0 bridgehead atoms. The quantitative estimate of drug-likeness (QED) is 0.848. The monoisotopic (exact) mass is 329 g/mol. The molecule has 0 saturated carbocycles. The number of H-pyrrole nitrogens is 1. The lowest BCUT2D eigenvalue weighted by Gasteiger charge is -2.34. The predicted octanol–water partition coefficient (Wildman–Crippen LogP) is 2.76. The molecule has 2 N–H and O–H groups in total. The lowest BCUT2D eigenvalue weighted by atomic mass is 10.0. The van der Waals surface area contributed by atoms with Gasteiger partial charge in [0.1, 0.15) is 11.5 Å². The lowest BCUT2D eigenvalue weighted by Crippen LogP contribution is -2.47. The van der Waals surface area contributed by atoms with Crippen molar-refractivity contribution in [2.45, 2.75) is 25.8 Å². The number of halogens is 1. The van der Waals surface area contributed by atoms with Crippen LogP contribution in [0.1, 0.15) is 40.6 Å². The molecule has 1 fully saturated rings. The van der Waals surface area contributed by atoms with Gasteiger partial charge in [-0.15, -0.1) is 0 Å². The van der Waals surface area contributed by atoms with Crippen molar-refractivity contribution in [2.24, 2.45) is 0 Å². The van der Waals surface area contributed by atoms with Gasteiger partial charge in [0.25, 0.3) is 5.91 Å². The summed E-state index contributed by atoms with van der Waals surface area (Å²) in [5.41, 5.74) is 1.70. The molecular formula is C18H20FN3O2. The summed E-state index contributed by atoms with van der Waals surface area (Å²) in [6.45, 7) is 2.94. The van der Waals surface area contributed by atoms with Crippen molar-refractivity contribution in [3.63, 3.8) is 0 Å². The summed E-state index contributed by atoms with van der Waals surface area (Å²) < 4.78 is 13.4. The minimum atomic E-state index is -0.262. The number of amides is 1. The van der Waals surface area contributed by atoms with Gasteiger partial charge in [-0.2, -0.15) is 0 Å². The number of hydrogen-bond donors (Lipinski definition) is 2. The molecule has 2 aromatic rings. The summed E-state index contributed by atoms with van der Waals surface area (Å²) in [5, 5.41) is 2.98. The summed E-state index contributed by atoms with van der Waals surface area (Å²) in [5.74, 6) is -0.573. The summed E-state index contributed by atoms with van der Waals surface area (Å²) in [7, 11) is 0. The van der Waals surface area contributed by atoms with Crippen molar-refractivity contribution in [3.8, 4) is 0 Å². The van der Waals surface area contributed by atoms with E-state index in [2.05, 4.69) is 15.2 Å². The first-order valence-electron chi connectivity index (χ1n) is 8.03. The van der Waals surface area contributed by atoms with E-state index in [-0.39, 0.29) is 23.5 Å². The molecule has 1 aromatic heterocycles. The summed E-state index contributed by atoms with van der Waals surface area (Å²) in [6, 6.07) is 8.04. The van der Waals surface area contributed by atoms with Gasteiger partial charge < -0.3 is 15.2 Å². The largest absolute Gasteiger partial charge is 0.369 e. The number of benzene rings is 1. The molecule has 1 saturated heterocycles. The van der Waals surface area contributed by atoms with Crippen molar-refractivity contribution in [1.82, 2.24) is 10.3 Å². The summed E-state index contributed by atoms with van der Waals surface area (Å²) in [4.78, 5) is 28.5. The van der Waals surface area contributed by atoms with Crippen LogP contribution in [0.5, 0.6) is 0 Å². The fourth-order valence-electron chi connectivity index (χ4n) is 2.99. The molecule has 1 amide bonds. The number of piperidine rings is 1. The Bertz CT molecular complexity index is 756. The maximum Gasteiger partial charge on any atom is 0.267 e. The molecule has 1 aromatic carbocycles. The molecule has 6 heteroatoms. The van der Waals surface area contributed by atoms with E-state index in [1.54, 1.807) is 12.1 Å². The lowest BCUT2D eigenvalue weighted by molar-refractivity contribution is 0.0928. The van der Waals surface area contributed by atoms with Crippen LogP contribution in [0.4, 0.5) is 10.1 Å². The third-order valence-electron chi connectivity index (χ3n) is 4.26. The number of carbonyl (C=O) groups is 2. The second kappa shape index (κ2) is 6.86. The predicted molar refractivity (Wildman–Crippen MR) is 89.9 cm³/mol. The summed E-state index contributed by atoms with van der Waals surface area (Å²) >= 11 is 0. The topological polar surface area (TPSA) is 65.2 Å². The molecule has 3 rings (SSSR count). The molecule has 0 spiro atoms. The van der Waals surface area contributed by atoms with Gasteiger partial charge >= 0.3 is 0 Å². The number of aromatic nitrogens is 1. The first-order valence-corrected chi connectivity index (χ1v) is 8.03. The Hall–Kier alpha value is -2.63. The normalized spacial score (nSPS) is 17.6. The Kier molecular flexibility index (Phi) is 4.64. The van der Waals surface area contributed by atoms with Gasteiger partial charge in [0, 0.05) is 36.6 Å². The number of ketones is 1. The van der Waals surface area contributed by atoms with Crippen molar-refractivity contribution >= 4 is 17.4 Å². The zero-order chi connectivity index (χ0) is 17.1. The van der Waals surface area contributed by atoms with Crippen LogP contribution in [-0.2, 0) is 0 Å². The van der Waals surface area contributed by atoms with Crippen molar-refractivity contribution < 1.29 is 14.0 Å². The molecule has 1 atom stereocenters. The number of aromatic amines is 1. The van der Waals surface area contributed by atoms with Gasteiger partial charge in [-0.1, -0.05) is 6.07 Å². The maximum absolute atomic E-state index is 13.4. The zero-order valence-electron chi connectivity index (χ0n) is 13.5. The number of Topliss-reactive ketones (excluding diaryl/α,β-unsaturated/α-hetero) is 1. The highest BCUT2D eigenvalue weighted by Gasteiger charge is 2.23.